The van der Waals surface area contributed by atoms with Crippen molar-refractivity contribution in [1.29, 1.82) is 0 Å². The molecule has 33 heavy (non-hydrogen) atoms. The lowest BCUT2D eigenvalue weighted by Gasteiger charge is -2.09. The molecule has 0 radical (unpaired) electrons. The van der Waals surface area contributed by atoms with Crippen LogP contribution >= 0.6 is 0 Å². The van der Waals surface area contributed by atoms with Crippen LogP contribution in [-0.4, -0.2) is 17.4 Å². The predicted molar refractivity (Wildman–Crippen MR) is 137 cm³/mol. The molecule has 0 aliphatic carbocycles. The second-order valence-corrected chi connectivity index (χ2v) is 8.45. The quantitative estimate of drug-likeness (QED) is 0.151. The zero-order chi connectivity index (χ0) is 23.3. The van der Waals surface area contributed by atoms with Gasteiger partial charge in [0.15, 0.2) is 0 Å². The fraction of sp³-hybridized carbons (Fsp3) is 0.367. The van der Waals surface area contributed by atoms with Crippen molar-refractivity contribution in [2.45, 2.75) is 64.9 Å². The predicted octanol–water partition coefficient (Wildman–Crippen LogP) is 8.11. The summed E-state index contributed by atoms with van der Waals surface area (Å²) in [5.41, 5.74) is 3.93. The maximum Gasteiger partial charge on any atom is 0.518 e. The summed E-state index contributed by atoms with van der Waals surface area (Å²) in [6.07, 6.45) is 8.20. The number of unbranched alkanes of at least 4 members (excludes halogenated alkanes) is 5. The van der Waals surface area contributed by atoms with Crippen LogP contribution in [0.4, 0.5) is 0 Å². The molecule has 0 aliphatic heterocycles. The molecule has 0 bridgehead atoms. The van der Waals surface area contributed by atoms with Crippen molar-refractivity contribution in [3.8, 4) is 16.9 Å². The van der Waals surface area contributed by atoms with E-state index in [-0.39, 0.29) is 12.1 Å². The van der Waals surface area contributed by atoms with Crippen molar-refractivity contribution in [3.05, 3.63) is 90.0 Å². The first-order valence-electron chi connectivity index (χ1n) is 12.3. The zero-order valence-electron chi connectivity index (χ0n) is 20.0. The van der Waals surface area contributed by atoms with Gasteiger partial charge in [-0.25, -0.2) is 0 Å². The highest BCUT2D eigenvalue weighted by Gasteiger charge is 2.24. The maximum atomic E-state index is 10.5. The van der Waals surface area contributed by atoms with Gasteiger partial charge < -0.3 is 14.3 Å². The highest BCUT2D eigenvalue weighted by molar-refractivity contribution is 5.91. The van der Waals surface area contributed by atoms with Crippen LogP contribution in [-0.2, 0) is 4.74 Å². The number of rotatable bonds is 13. The van der Waals surface area contributed by atoms with E-state index in [0.717, 1.165) is 41.9 Å². The third-order valence-corrected chi connectivity index (χ3v) is 5.88. The van der Waals surface area contributed by atoms with E-state index in [2.05, 4.69) is 26.0 Å². The summed E-state index contributed by atoms with van der Waals surface area (Å²) >= 11 is 0. The Labute approximate surface area is 198 Å². The molecule has 0 amide bonds. The second-order valence-electron chi connectivity index (χ2n) is 8.45. The summed E-state index contributed by atoms with van der Waals surface area (Å²) in [6.45, 7) is 5.07. The SMILES string of the molecule is CCCCCCCCOc1ccc(-c2ccc(C(=[OH+])OC(CC)c3ccccc3)cc2)cc1. The lowest BCUT2D eigenvalue weighted by Crippen LogP contribution is -2.12. The van der Waals surface area contributed by atoms with Gasteiger partial charge >= 0.3 is 5.97 Å². The van der Waals surface area contributed by atoms with Gasteiger partial charge in [-0.3, -0.25) is 0 Å². The van der Waals surface area contributed by atoms with Crippen molar-refractivity contribution in [2.75, 3.05) is 6.61 Å². The molecule has 0 fully saturated rings. The minimum absolute atomic E-state index is 0.0457. The summed E-state index contributed by atoms with van der Waals surface area (Å²) in [5.74, 6) is 0.866. The normalized spacial score (nSPS) is 11.7. The van der Waals surface area contributed by atoms with E-state index < -0.39 is 0 Å². The Morgan fingerprint density at radius 3 is 1.97 bits per heavy atom. The van der Waals surface area contributed by atoms with Gasteiger partial charge in [0, 0.05) is 12.0 Å². The monoisotopic (exact) mass is 445 g/mol. The summed E-state index contributed by atoms with van der Waals surface area (Å²) in [6, 6.07) is 26.0. The van der Waals surface area contributed by atoms with Gasteiger partial charge in [-0.2, -0.15) is 0 Å². The molecule has 0 saturated heterocycles. The van der Waals surface area contributed by atoms with E-state index in [1.165, 1.54) is 32.1 Å². The zero-order valence-corrected chi connectivity index (χ0v) is 20.0. The Kier molecular flexibility index (Phi) is 10.0. The standard InChI is InChI=1S/C30H36O3/c1-3-5-6-7-8-12-23-32-28-21-19-25(20-22-28)24-15-17-27(18-16-24)30(31)33-29(4-2)26-13-10-9-11-14-26/h9-11,13-22,29H,3-8,12,23H2,1-2H3/p+1. The second kappa shape index (κ2) is 13.5. The molecule has 1 unspecified atom stereocenters. The van der Waals surface area contributed by atoms with Gasteiger partial charge in [0.05, 0.1) is 6.61 Å². The van der Waals surface area contributed by atoms with E-state index in [1.54, 1.807) is 0 Å². The molecular weight excluding hydrogens is 408 g/mol. The van der Waals surface area contributed by atoms with Gasteiger partial charge in [-0.15, -0.1) is 0 Å². The van der Waals surface area contributed by atoms with E-state index in [1.807, 2.05) is 66.7 Å². The van der Waals surface area contributed by atoms with E-state index in [0.29, 0.717) is 5.56 Å². The molecule has 1 N–H and O–H groups in total. The van der Waals surface area contributed by atoms with Crippen LogP contribution in [0, 0.1) is 0 Å². The number of esters is 1. The summed E-state index contributed by atoms with van der Waals surface area (Å²) in [4.78, 5) is 10.5. The number of hydrogen-bond donors (Lipinski definition) is 0. The van der Waals surface area contributed by atoms with Crippen LogP contribution in [0.25, 0.3) is 11.1 Å². The number of hydrogen-bond acceptors (Lipinski definition) is 2. The summed E-state index contributed by atoms with van der Waals surface area (Å²) in [5, 5.41) is 0. The lowest BCUT2D eigenvalue weighted by atomic mass is 10.0. The van der Waals surface area contributed by atoms with Gasteiger partial charge in [0.2, 0.25) is 6.10 Å². The molecule has 0 aromatic heterocycles. The van der Waals surface area contributed by atoms with Crippen molar-refractivity contribution < 1.29 is 14.3 Å². The van der Waals surface area contributed by atoms with Gasteiger partial charge in [0.25, 0.3) is 0 Å². The lowest BCUT2D eigenvalue weighted by molar-refractivity contribution is 0.169. The van der Waals surface area contributed by atoms with Crippen LogP contribution in [0.3, 0.4) is 0 Å². The first-order chi connectivity index (χ1) is 16.2. The average Bonchev–Trinajstić information content (AvgIpc) is 2.87. The number of benzene rings is 3. The van der Waals surface area contributed by atoms with Crippen molar-refractivity contribution in [1.82, 2.24) is 0 Å². The third kappa shape index (κ3) is 7.78. The molecule has 3 nitrogen and oxygen atoms in total. The van der Waals surface area contributed by atoms with Crippen LogP contribution in [0.5, 0.6) is 5.75 Å². The van der Waals surface area contributed by atoms with Crippen molar-refractivity contribution in [3.63, 3.8) is 0 Å². The minimum atomic E-state index is -0.172. The molecule has 3 aromatic rings. The molecule has 1 atom stereocenters. The van der Waals surface area contributed by atoms with Crippen molar-refractivity contribution >= 4 is 5.97 Å². The largest absolute Gasteiger partial charge is 0.518 e. The molecule has 0 aliphatic rings. The fourth-order valence-corrected chi connectivity index (χ4v) is 3.88. The van der Waals surface area contributed by atoms with Crippen molar-refractivity contribution in [2.24, 2.45) is 0 Å². The first-order valence-corrected chi connectivity index (χ1v) is 12.3. The highest BCUT2D eigenvalue weighted by atomic mass is 16.5. The van der Waals surface area contributed by atoms with Gasteiger partial charge in [-0.05, 0) is 41.8 Å². The molecule has 174 valence electrons. The Balaban J connectivity index is 1.50. The first kappa shape index (κ1) is 24.6. The molecule has 3 heteroatoms. The maximum absolute atomic E-state index is 10.5. The molecule has 0 spiro atoms. The van der Waals surface area contributed by atoms with Gasteiger partial charge in [0.1, 0.15) is 11.3 Å². The molecular formula is C30H37O3+. The highest BCUT2D eigenvalue weighted by Crippen LogP contribution is 2.25. The van der Waals surface area contributed by atoms with Crippen LogP contribution in [0.2, 0.25) is 0 Å². The summed E-state index contributed by atoms with van der Waals surface area (Å²) in [7, 11) is 0. The molecule has 3 aromatic carbocycles. The molecule has 3 rings (SSSR count). The molecule has 0 saturated carbocycles. The van der Waals surface area contributed by atoms with Gasteiger partial charge in [-0.1, -0.05) is 101 Å². The van der Waals surface area contributed by atoms with E-state index in [9.17, 15) is 4.79 Å². The summed E-state index contributed by atoms with van der Waals surface area (Å²) < 4.78 is 11.7. The smallest absolute Gasteiger partial charge is 0.494 e. The Morgan fingerprint density at radius 1 is 0.727 bits per heavy atom. The van der Waals surface area contributed by atoms with E-state index >= 15 is 0 Å². The Bertz CT molecular complexity index is 946. The fourth-order valence-electron chi connectivity index (χ4n) is 3.88. The van der Waals surface area contributed by atoms with Crippen LogP contribution in [0.15, 0.2) is 78.9 Å². The number of carbonyl (C=O) groups excluding carboxylic acids is 1. The average molecular weight is 446 g/mol. The van der Waals surface area contributed by atoms with Crippen LogP contribution in [0.1, 0.15) is 76.0 Å². The number of ether oxygens (including phenoxy) is 2. The molecule has 0 heterocycles. The third-order valence-electron chi connectivity index (χ3n) is 5.88. The Hall–Kier alpha value is -3.07. The van der Waals surface area contributed by atoms with Crippen LogP contribution < -0.4 is 4.74 Å². The van der Waals surface area contributed by atoms with E-state index in [4.69, 9.17) is 9.47 Å². The Morgan fingerprint density at radius 2 is 1.33 bits per heavy atom. The topological polar surface area (TPSA) is 39.9 Å². The minimum Gasteiger partial charge on any atom is -0.494 e.